The fourth-order valence-corrected chi connectivity index (χ4v) is 3.21. The van der Waals surface area contributed by atoms with Crippen LogP contribution in [0.2, 0.25) is 0 Å². The number of amides is 1. The molecule has 0 atom stereocenters. The van der Waals surface area contributed by atoms with Crippen molar-refractivity contribution in [1.29, 1.82) is 0 Å². The third-order valence-electron chi connectivity index (χ3n) is 5.12. The quantitative estimate of drug-likeness (QED) is 0.545. The van der Waals surface area contributed by atoms with Crippen molar-refractivity contribution in [3.8, 4) is 5.88 Å². The summed E-state index contributed by atoms with van der Waals surface area (Å²) < 4.78 is 5.71. The number of hydrogen-bond donors (Lipinski definition) is 0. The van der Waals surface area contributed by atoms with Gasteiger partial charge in [-0.25, -0.2) is 4.98 Å². The molecule has 2 rings (SSSR count). The molecule has 0 aromatic carbocycles. The minimum Gasteiger partial charge on any atom is -0.478 e. The molecule has 0 bridgehead atoms. The molecule has 2 heterocycles. The van der Waals surface area contributed by atoms with Gasteiger partial charge in [0.2, 0.25) is 11.8 Å². The van der Waals surface area contributed by atoms with Crippen LogP contribution in [0.5, 0.6) is 5.88 Å². The van der Waals surface area contributed by atoms with Gasteiger partial charge in [-0.1, -0.05) is 26.8 Å². The van der Waals surface area contributed by atoms with Crippen molar-refractivity contribution < 1.29 is 14.3 Å². The largest absolute Gasteiger partial charge is 0.478 e. The molecule has 0 unspecified atom stereocenters. The second-order valence-electron chi connectivity index (χ2n) is 7.93. The number of ketones is 1. The van der Waals surface area contributed by atoms with E-state index < -0.39 is 0 Å². The van der Waals surface area contributed by atoms with Crippen LogP contribution in [0.4, 0.5) is 0 Å². The molecular weight excluding hydrogens is 354 g/mol. The van der Waals surface area contributed by atoms with E-state index in [-0.39, 0.29) is 5.78 Å². The molecule has 6 nitrogen and oxygen atoms in total. The fourth-order valence-electron chi connectivity index (χ4n) is 3.21. The lowest BCUT2D eigenvalue weighted by atomic mass is 10.1. The third kappa shape index (κ3) is 7.97. The van der Waals surface area contributed by atoms with E-state index >= 15 is 0 Å². The predicted octanol–water partition coefficient (Wildman–Crippen LogP) is 2.95. The number of carbonyl (C=O) groups is 2. The van der Waals surface area contributed by atoms with Gasteiger partial charge < -0.3 is 9.64 Å². The molecular formula is C22H35N3O3. The van der Waals surface area contributed by atoms with Crippen LogP contribution >= 0.6 is 0 Å². The van der Waals surface area contributed by atoms with E-state index in [4.69, 9.17) is 4.74 Å². The molecule has 0 spiro atoms. The number of ether oxygens (including phenoxy) is 1. The van der Waals surface area contributed by atoms with Crippen molar-refractivity contribution in [2.24, 2.45) is 5.92 Å². The minimum atomic E-state index is 0.220. The maximum atomic E-state index is 12.2. The third-order valence-corrected chi connectivity index (χ3v) is 5.12. The van der Waals surface area contributed by atoms with Gasteiger partial charge in [0.05, 0.1) is 6.61 Å². The maximum Gasteiger partial charge on any atom is 0.222 e. The molecule has 1 saturated heterocycles. The Hall–Kier alpha value is -1.95. The zero-order valence-electron chi connectivity index (χ0n) is 17.7. The van der Waals surface area contributed by atoms with E-state index in [1.165, 1.54) is 0 Å². The normalized spacial score (nSPS) is 15.1. The Balaban J connectivity index is 1.59. The molecule has 1 aliphatic rings. The SMILES string of the molecule is CCC(=O)Cc1ccc(OCCCN2CCN(C(=O)CCC(C)C)CC2)nc1. The standard InChI is InChI=1S/C22H35N3O3/c1-4-20(26)16-19-7-8-21(23-17-19)28-15-5-10-24-11-13-25(14-12-24)22(27)9-6-18(2)3/h7-8,17-18H,4-6,9-16H2,1-3H3. The van der Waals surface area contributed by atoms with E-state index in [9.17, 15) is 9.59 Å². The van der Waals surface area contributed by atoms with Crippen LogP contribution in [0.3, 0.4) is 0 Å². The van der Waals surface area contributed by atoms with Crippen molar-refractivity contribution in [3.05, 3.63) is 23.9 Å². The van der Waals surface area contributed by atoms with Crippen LogP contribution in [0.1, 0.15) is 52.0 Å². The lowest BCUT2D eigenvalue weighted by molar-refractivity contribution is -0.133. The van der Waals surface area contributed by atoms with Crippen molar-refractivity contribution in [1.82, 2.24) is 14.8 Å². The van der Waals surface area contributed by atoms with Gasteiger partial charge >= 0.3 is 0 Å². The summed E-state index contributed by atoms with van der Waals surface area (Å²) in [6.45, 7) is 11.3. The number of nitrogens with zero attached hydrogens (tertiary/aromatic N) is 3. The van der Waals surface area contributed by atoms with Gasteiger partial charge in [0.25, 0.3) is 0 Å². The number of carbonyl (C=O) groups excluding carboxylic acids is 2. The summed E-state index contributed by atoms with van der Waals surface area (Å²) in [6.07, 6.45) is 5.29. The number of pyridine rings is 1. The molecule has 1 aromatic heterocycles. The Morgan fingerprint density at radius 1 is 1.18 bits per heavy atom. The molecule has 0 radical (unpaired) electrons. The van der Waals surface area contributed by atoms with Gasteiger partial charge in [-0.15, -0.1) is 0 Å². The van der Waals surface area contributed by atoms with E-state index in [1.807, 2.05) is 24.0 Å². The molecule has 0 saturated carbocycles. The number of hydrogen-bond acceptors (Lipinski definition) is 5. The van der Waals surface area contributed by atoms with Crippen LogP contribution in [0.15, 0.2) is 18.3 Å². The van der Waals surface area contributed by atoms with Crippen molar-refractivity contribution >= 4 is 11.7 Å². The Morgan fingerprint density at radius 3 is 2.54 bits per heavy atom. The smallest absolute Gasteiger partial charge is 0.222 e. The van der Waals surface area contributed by atoms with Gasteiger partial charge in [0, 0.05) is 64.2 Å². The predicted molar refractivity (Wildman–Crippen MR) is 110 cm³/mol. The van der Waals surface area contributed by atoms with Gasteiger partial charge in [-0.05, 0) is 24.3 Å². The molecule has 1 aliphatic heterocycles. The Morgan fingerprint density at radius 2 is 1.93 bits per heavy atom. The molecule has 28 heavy (non-hydrogen) atoms. The average Bonchev–Trinajstić information content (AvgIpc) is 2.71. The summed E-state index contributed by atoms with van der Waals surface area (Å²) in [5, 5.41) is 0. The second kappa shape index (κ2) is 11.8. The zero-order chi connectivity index (χ0) is 20.4. The Bertz CT molecular complexity index is 608. The van der Waals surface area contributed by atoms with E-state index in [2.05, 4.69) is 23.7 Å². The monoisotopic (exact) mass is 389 g/mol. The number of piperazine rings is 1. The average molecular weight is 390 g/mol. The van der Waals surface area contributed by atoms with Gasteiger partial charge in [-0.3, -0.25) is 14.5 Å². The number of rotatable bonds is 11. The minimum absolute atomic E-state index is 0.220. The lowest BCUT2D eigenvalue weighted by Crippen LogP contribution is -2.49. The van der Waals surface area contributed by atoms with Gasteiger partial charge in [0.15, 0.2) is 0 Å². The summed E-state index contributed by atoms with van der Waals surface area (Å²) in [5.41, 5.74) is 0.931. The van der Waals surface area contributed by atoms with Crippen LogP contribution in [-0.2, 0) is 16.0 Å². The highest BCUT2D eigenvalue weighted by molar-refractivity contribution is 5.80. The molecule has 1 fully saturated rings. The fraction of sp³-hybridized carbons (Fsp3) is 0.682. The van der Waals surface area contributed by atoms with Gasteiger partial charge in [-0.2, -0.15) is 0 Å². The first-order valence-electron chi connectivity index (χ1n) is 10.6. The van der Waals surface area contributed by atoms with Gasteiger partial charge in [0.1, 0.15) is 5.78 Å². The van der Waals surface area contributed by atoms with Crippen LogP contribution in [0, 0.1) is 5.92 Å². The summed E-state index contributed by atoms with van der Waals surface area (Å²) in [6, 6.07) is 3.74. The first kappa shape index (κ1) is 22.3. The highest BCUT2D eigenvalue weighted by Crippen LogP contribution is 2.11. The second-order valence-corrected chi connectivity index (χ2v) is 7.93. The van der Waals surface area contributed by atoms with E-state index in [0.717, 1.165) is 51.1 Å². The number of Topliss-reactive ketones (excluding diaryl/α,β-unsaturated/α-hetero) is 1. The molecule has 0 N–H and O–H groups in total. The first-order chi connectivity index (χ1) is 13.5. The summed E-state index contributed by atoms with van der Waals surface area (Å²) in [5.74, 6) is 1.70. The molecule has 6 heteroatoms. The zero-order valence-corrected chi connectivity index (χ0v) is 17.7. The van der Waals surface area contributed by atoms with Crippen molar-refractivity contribution in [2.75, 3.05) is 39.3 Å². The topological polar surface area (TPSA) is 62.7 Å². The van der Waals surface area contributed by atoms with E-state index in [1.54, 1.807) is 6.20 Å². The van der Waals surface area contributed by atoms with E-state index in [0.29, 0.717) is 43.6 Å². The lowest BCUT2D eigenvalue weighted by Gasteiger charge is -2.34. The first-order valence-corrected chi connectivity index (χ1v) is 10.6. The summed E-state index contributed by atoms with van der Waals surface area (Å²) >= 11 is 0. The Kier molecular flexibility index (Phi) is 9.41. The van der Waals surface area contributed by atoms with Crippen LogP contribution in [0.25, 0.3) is 0 Å². The highest BCUT2D eigenvalue weighted by Gasteiger charge is 2.20. The highest BCUT2D eigenvalue weighted by atomic mass is 16.5. The summed E-state index contributed by atoms with van der Waals surface area (Å²) in [7, 11) is 0. The maximum absolute atomic E-state index is 12.2. The molecule has 1 aromatic rings. The van der Waals surface area contributed by atoms with Crippen molar-refractivity contribution in [3.63, 3.8) is 0 Å². The summed E-state index contributed by atoms with van der Waals surface area (Å²) in [4.78, 5) is 32.3. The number of aromatic nitrogens is 1. The Labute approximate surface area is 169 Å². The van der Waals surface area contributed by atoms with Crippen molar-refractivity contribution in [2.45, 2.75) is 52.9 Å². The molecule has 1 amide bonds. The molecule has 156 valence electrons. The van der Waals surface area contributed by atoms with Crippen LogP contribution < -0.4 is 4.74 Å². The molecule has 0 aliphatic carbocycles. The van der Waals surface area contributed by atoms with Crippen LogP contribution in [-0.4, -0.2) is 65.8 Å².